The first kappa shape index (κ1) is 15.2. The lowest BCUT2D eigenvalue weighted by Crippen LogP contribution is -2.38. The third-order valence-corrected chi connectivity index (χ3v) is 3.56. The highest BCUT2D eigenvalue weighted by Crippen LogP contribution is 2.23. The van der Waals surface area contributed by atoms with Crippen LogP contribution in [0.1, 0.15) is 49.1 Å². The van der Waals surface area contributed by atoms with Crippen LogP contribution in [0.2, 0.25) is 0 Å². The van der Waals surface area contributed by atoms with E-state index in [0.717, 1.165) is 6.54 Å². The van der Waals surface area contributed by atoms with E-state index in [0.29, 0.717) is 6.04 Å². The first-order valence-electron chi connectivity index (χ1n) is 6.63. The first-order chi connectivity index (χ1) is 8.26. The Bertz CT molecular complexity index is 387. The van der Waals surface area contributed by atoms with Gasteiger partial charge in [-0.1, -0.05) is 17.7 Å². The Hall–Kier alpha value is -0.860. The Morgan fingerprint density at radius 2 is 1.67 bits per heavy atom. The fourth-order valence-corrected chi connectivity index (χ4v) is 2.45. The minimum atomic E-state index is -0.124. The smallest absolute Gasteiger partial charge is 0.0746 e. The molecule has 0 aliphatic rings. The molecule has 0 aliphatic carbocycles. The van der Waals surface area contributed by atoms with Gasteiger partial charge in [-0.05, 0) is 58.2 Å². The zero-order chi connectivity index (χ0) is 13.9. The standard InChI is InChI=1S/C16H27NO/c1-11-8-12(2)15(13(3)9-11)14(4)17-10-16(5,6)18-7/h8-9,14,17H,10H2,1-7H3. The summed E-state index contributed by atoms with van der Waals surface area (Å²) in [6.45, 7) is 13.8. The number of methoxy groups -OCH3 is 1. The maximum atomic E-state index is 5.44. The van der Waals surface area contributed by atoms with Crippen molar-refractivity contribution in [3.63, 3.8) is 0 Å². The van der Waals surface area contributed by atoms with Crippen molar-refractivity contribution >= 4 is 0 Å². The van der Waals surface area contributed by atoms with Gasteiger partial charge in [0, 0.05) is 19.7 Å². The average molecular weight is 249 g/mol. The monoisotopic (exact) mass is 249 g/mol. The summed E-state index contributed by atoms with van der Waals surface area (Å²) in [5.74, 6) is 0. The van der Waals surface area contributed by atoms with Gasteiger partial charge < -0.3 is 10.1 Å². The van der Waals surface area contributed by atoms with Gasteiger partial charge in [0.15, 0.2) is 0 Å². The molecule has 1 atom stereocenters. The van der Waals surface area contributed by atoms with E-state index in [-0.39, 0.29) is 5.60 Å². The minimum Gasteiger partial charge on any atom is -0.377 e. The highest BCUT2D eigenvalue weighted by atomic mass is 16.5. The molecule has 0 saturated heterocycles. The second-order valence-electron chi connectivity index (χ2n) is 5.88. The Balaban J connectivity index is 2.82. The van der Waals surface area contributed by atoms with Gasteiger partial charge >= 0.3 is 0 Å². The molecule has 1 N–H and O–H groups in total. The Morgan fingerprint density at radius 1 is 1.17 bits per heavy atom. The molecule has 1 aromatic rings. The normalized spacial score (nSPS) is 13.7. The second-order valence-corrected chi connectivity index (χ2v) is 5.88. The topological polar surface area (TPSA) is 21.3 Å². The number of rotatable bonds is 5. The molecule has 0 saturated carbocycles. The van der Waals surface area contributed by atoms with Crippen molar-refractivity contribution < 1.29 is 4.74 Å². The molecule has 0 amide bonds. The van der Waals surface area contributed by atoms with E-state index in [1.54, 1.807) is 7.11 Å². The quantitative estimate of drug-likeness (QED) is 0.859. The maximum absolute atomic E-state index is 5.44. The minimum absolute atomic E-state index is 0.124. The van der Waals surface area contributed by atoms with Crippen molar-refractivity contribution in [2.45, 2.75) is 53.2 Å². The van der Waals surface area contributed by atoms with Gasteiger partial charge in [0.2, 0.25) is 0 Å². The summed E-state index contributed by atoms with van der Waals surface area (Å²) in [4.78, 5) is 0. The summed E-state index contributed by atoms with van der Waals surface area (Å²) in [6, 6.07) is 4.85. The SMILES string of the molecule is COC(C)(C)CNC(C)c1c(C)cc(C)cc1C. The van der Waals surface area contributed by atoms with Crippen LogP contribution in [0.3, 0.4) is 0 Å². The molecule has 0 aromatic heterocycles. The Morgan fingerprint density at radius 3 is 2.11 bits per heavy atom. The summed E-state index contributed by atoms with van der Waals surface area (Å²) in [5.41, 5.74) is 5.34. The Labute approximate surface area is 112 Å². The van der Waals surface area contributed by atoms with E-state index in [2.05, 4.69) is 59.0 Å². The predicted molar refractivity (Wildman–Crippen MR) is 78.2 cm³/mol. The van der Waals surface area contributed by atoms with Crippen LogP contribution in [0.15, 0.2) is 12.1 Å². The van der Waals surface area contributed by atoms with E-state index >= 15 is 0 Å². The molecular formula is C16H27NO. The molecule has 0 spiro atoms. The first-order valence-corrected chi connectivity index (χ1v) is 6.63. The molecule has 0 radical (unpaired) electrons. The summed E-state index contributed by atoms with van der Waals surface area (Å²) in [5, 5.41) is 3.57. The van der Waals surface area contributed by atoms with Gasteiger partial charge in [0.25, 0.3) is 0 Å². The van der Waals surface area contributed by atoms with Crippen LogP contribution in [-0.4, -0.2) is 19.3 Å². The molecule has 18 heavy (non-hydrogen) atoms. The van der Waals surface area contributed by atoms with E-state index in [4.69, 9.17) is 4.74 Å². The molecule has 1 unspecified atom stereocenters. The van der Waals surface area contributed by atoms with Crippen molar-refractivity contribution in [3.8, 4) is 0 Å². The summed E-state index contributed by atoms with van der Waals surface area (Å²) in [7, 11) is 1.76. The highest BCUT2D eigenvalue weighted by Gasteiger charge is 2.19. The van der Waals surface area contributed by atoms with Crippen molar-refractivity contribution in [3.05, 3.63) is 34.4 Å². The molecular weight excluding hydrogens is 222 g/mol. The number of ether oxygens (including phenoxy) is 1. The van der Waals surface area contributed by atoms with Gasteiger partial charge in [0.1, 0.15) is 0 Å². The molecule has 0 bridgehead atoms. The molecule has 1 rings (SSSR count). The van der Waals surface area contributed by atoms with Crippen LogP contribution in [-0.2, 0) is 4.74 Å². The van der Waals surface area contributed by atoms with Crippen LogP contribution >= 0.6 is 0 Å². The van der Waals surface area contributed by atoms with Gasteiger partial charge in [-0.25, -0.2) is 0 Å². The second kappa shape index (κ2) is 5.85. The largest absolute Gasteiger partial charge is 0.377 e. The molecule has 2 nitrogen and oxygen atoms in total. The molecule has 0 fully saturated rings. The van der Waals surface area contributed by atoms with Crippen molar-refractivity contribution in [1.82, 2.24) is 5.32 Å². The zero-order valence-corrected chi connectivity index (χ0v) is 12.8. The molecule has 0 heterocycles. The summed E-state index contributed by atoms with van der Waals surface area (Å²) < 4.78 is 5.44. The summed E-state index contributed by atoms with van der Waals surface area (Å²) >= 11 is 0. The average Bonchev–Trinajstić information content (AvgIpc) is 2.25. The van der Waals surface area contributed by atoms with Gasteiger partial charge in [-0.2, -0.15) is 0 Å². The van der Waals surface area contributed by atoms with Crippen LogP contribution < -0.4 is 5.32 Å². The highest BCUT2D eigenvalue weighted by molar-refractivity contribution is 5.39. The molecule has 102 valence electrons. The van der Waals surface area contributed by atoms with Crippen molar-refractivity contribution in [1.29, 1.82) is 0 Å². The molecule has 2 heteroatoms. The zero-order valence-electron chi connectivity index (χ0n) is 12.8. The van der Waals surface area contributed by atoms with Gasteiger partial charge in [0.05, 0.1) is 5.60 Å². The lowest BCUT2D eigenvalue weighted by Gasteiger charge is -2.27. The van der Waals surface area contributed by atoms with Crippen molar-refractivity contribution in [2.24, 2.45) is 0 Å². The van der Waals surface area contributed by atoms with E-state index < -0.39 is 0 Å². The van der Waals surface area contributed by atoms with Crippen LogP contribution in [0, 0.1) is 20.8 Å². The van der Waals surface area contributed by atoms with Crippen molar-refractivity contribution in [2.75, 3.05) is 13.7 Å². The lowest BCUT2D eigenvalue weighted by atomic mass is 9.94. The number of hydrogen-bond donors (Lipinski definition) is 1. The Kier molecular flexibility index (Phi) is 4.94. The third-order valence-electron chi connectivity index (χ3n) is 3.56. The van der Waals surface area contributed by atoms with E-state index in [1.807, 2.05) is 0 Å². The third kappa shape index (κ3) is 3.82. The number of benzene rings is 1. The van der Waals surface area contributed by atoms with Crippen LogP contribution in [0.5, 0.6) is 0 Å². The van der Waals surface area contributed by atoms with Gasteiger partial charge in [-0.3, -0.25) is 0 Å². The fraction of sp³-hybridized carbons (Fsp3) is 0.625. The van der Waals surface area contributed by atoms with Crippen LogP contribution in [0.4, 0.5) is 0 Å². The fourth-order valence-electron chi connectivity index (χ4n) is 2.45. The van der Waals surface area contributed by atoms with E-state index in [1.165, 1.54) is 22.3 Å². The lowest BCUT2D eigenvalue weighted by molar-refractivity contribution is 0.0214. The van der Waals surface area contributed by atoms with Gasteiger partial charge in [-0.15, -0.1) is 0 Å². The number of aryl methyl sites for hydroxylation is 3. The number of hydrogen-bond acceptors (Lipinski definition) is 2. The van der Waals surface area contributed by atoms with Crippen LogP contribution in [0.25, 0.3) is 0 Å². The molecule has 1 aromatic carbocycles. The molecule has 0 aliphatic heterocycles. The predicted octanol–water partition coefficient (Wildman–Crippen LogP) is 3.69. The number of nitrogens with one attached hydrogen (secondary N) is 1. The summed E-state index contributed by atoms with van der Waals surface area (Å²) in [6.07, 6.45) is 0. The maximum Gasteiger partial charge on any atom is 0.0746 e. The van der Waals surface area contributed by atoms with E-state index in [9.17, 15) is 0 Å².